The van der Waals surface area contributed by atoms with Crippen LogP contribution in [0.15, 0.2) is 53.6 Å². The zero-order valence-corrected chi connectivity index (χ0v) is 12.6. The first-order valence-electron chi connectivity index (χ1n) is 6.19. The van der Waals surface area contributed by atoms with Crippen LogP contribution >= 0.6 is 10.7 Å². The van der Waals surface area contributed by atoms with Gasteiger partial charge in [-0.2, -0.15) is 0 Å². The van der Waals surface area contributed by atoms with E-state index in [9.17, 15) is 13.2 Å². The summed E-state index contributed by atoms with van der Waals surface area (Å²) in [5.41, 5.74) is 1.27. The number of nitrogens with zero attached hydrogens (tertiary/aromatic N) is 1. The van der Waals surface area contributed by atoms with Crippen LogP contribution in [0.4, 0.5) is 0 Å². The molecule has 1 aromatic carbocycles. The predicted molar refractivity (Wildman–Crippen MR) is 79.8 cm³/mol. The average molecular weight is 325 g/mol. The van der Waals surface area contributed by atoms with Gasteiger partial charge in [-0.1, -0.05) is 18.2 Å². The van der Waals surface area contributed by atoms with E-state index < -0.39 is 9.05 Å². The molecule has 0 spiro atoms. The average Bonchev–Trinajstić information content (AvgIpc) is 2.47. The third-order valence-electron chi connectivity index (χ3n) is 2.80. The summed E-state index contributed by atoms with van der Waals surface area (Å²) < 4.78 is 22.2. The van der Waals surface area contributed by atoms with Crippen molar-refractivity contribution in [2.24, 2.45) is 0 Å². The van der Waals surface area contributed by atoms with E-state index in [2.05, 4.69) is 10.3 Å². The van der Waals surface area contributed by atoms with Crippen LogP contribution in [0.1, 0.15) is 16.1 Å². The van der Waals surface area contributed by atoms with Gasteiger partial charge in [0.05, 0.1) is 4.90 Å². The molecule has 1 N–H and O–H groups in total. The van der Waals surface area contributed by atoms with Crippen molar-refractivity contribution in [3.05, 3.63) is 59.9 Å². The summed E-state index contributed by atoms with van der Waals surface area (Å²) in [7, 11) is 1.54. The van der Waals surface area contributed by atoms with Gasteiger partial charge >= 0.3 is 0 Å². The highest BCUT2D eigenvalue weighted by molar-refractivity contribution is 8.13. The maximum absolute atomic E-state index is 11.8. The lowest BCUT2D eigenvalue weighted by molar-refractivity contribution is 0.0949. The third kappa shape index (κ3) is 4.54. The summed E-state index contributed by atoms with van der Waals surface area (Å²) >= 11 is 0. The second-order valence-electron chi connectivity index (χ2n) is 4.30. The summed E-state index contributed by atoms with van der Waals surface area (Å²) in [6.07, 6.45) is 2.14. The van der Waals surface area contributed by atoms with E-state index in [0.717, 1.165) is 5.56 Å². The molecule has 0 unspecified atom stereocenters. The summed E-state index contributed by atoms with van der Waals surface area (Å²) in [6, 6.07) is 11.3. The van der Waals surface area contributed by atoms with E-state index in [-0.39, 0.29) is 10.8 Å². The Bertz CT molecular complexity index is 716. The van der Waals surface area contributed by atoms with Crippen molar-refractivity contribution >= 4 is 25.6 Å². The second-order valence-corrected chi connectivity index (χ2v) is 6.87. The van der Waals surface area contributed by atoms with Crippen molar-refractivity contribution in [1.29, 1.82) is 0 Å². The van der Waals surface area contributed by atoms with E-state index in [1.165, 1.54) is 12.1 Å². The summed E-state index contributed by atoms with van der Waals surface area (Å²) in [6.45, 7) is 0.433. The zero-order valence-electron chi connectivity index (χ0n) is 11.0. The first kappa shape index (κ1) is 15.5. The van der Waals surface area contributed by atoms with Gasteiger partial charge in [0.15, 0.2) is 0 Å². The van der Waals surface area contributed by atoms with Gasteiger partial charge in [-0.05, 0) is 36.2 Å². The number of amides is 1. The van der Waals surface area contributed by atoms with Crippen LogP contribution in [0.5, 0.6) is 0 Å². The Morgan fingerprint density at radius 1 is 1.14 bits per heavy atom. The molecule has 0 saturated carbocycles. The minimum absolute atomic E-state index is 0.0606. The highest BCUT2D eigenvalue weighted by Gasteiger charge is 2.09. The van der Waals surface area contributed by atoms with E-state index in [4.69, 9.17) is 10.7 Å². The molecule has 0 saturated heterocycles. The van der Waals surface area contributed by atoms with Crippen molar-refractivity contribution in [3.63, 3.8) is 0 Å². The Kier molecular flexibility index (Phi) is 4.93. The van der Waals surface area contributed by atoms with Crippen molar-refractivity contribution in [2.75, 3.05) is 6.54 Å². The van der Waals surface area contributed by atoms with Gasteiger partial charge in [0.1, 0.15) is 5.69 Å². The molecule has 0 radical (unpaired) electrons. The lowest BCUT2D eigenvalue weighted by atomic mass is 10.1. The van der Waals surface area contributed by atoms with Crippen LogP contribution < -0.4 is 5.32 Å². The molecule has 21 heavy (non-hydrogen) atoms. The van der Waals surface area contributed by atoms with Gasteiger partial charge in [0, 0.05) is 23.4 Å². The highest BCUT2D eigenvalue weighted by Crippen LogP contribution is 2.15. The fraction of sp³-hybridized carbons (Fsp3) is 0.143. The number of pyridine rings is 1. The SMILES string of the molecule is O=C(NCCc1ccc(S(=O)(=O)Cl)cc1)c1ccccn1. The summed E-state index contributed by atoms with van der Waals surface area (Å²) in [5.74, 6) is -0.240. The Hall–Kier alpha value is -1.92. The normalized spacial score (nSPS) is 11.1. The van der Waals surface area contributed by atoms with Crippen LogP contribution in [0.25, 0.3) is 0 Å². The number of halogens is 1. The minimum Gasteiger partial charge on any atom is -0.350 e. The lowest BCUT2D eigenvalue weighted by Crippen LogP contribution is -2.26. The molecule has 1 heterocycles. The quantitative estimate of drug-likeness (QED) is 0.853. The van der Waals surface area contributed by atoms with Crippen LogP contribution in [0.3, 0.4) is 0 Å². The molecule has 0 aliphatic heterocycles. The van der Waals surface area contributed by atoms with Gasteiger partial charge in [-0.25, -0.2) is 8.42 Å². The Balaban J connectivity index is 1.88. The van der Waals surface area contributed by atoms with Crippen LogP contribution in [-0.2, 0) is 15.5 Å². The number of benzene rings is 1. The molecule has 0 atom stereocenters. The number of hydrogen-bond acceptors (Lipinski definition) is 4. The molecule has 1 amide bonds. The maximum atomic E-state index is 11.8. The van der Waals surface area contributed by atoms with Crippen molar-refractivity contribution in [1.82, 2.24) is 10.3 Å². The monoisotopic (exact) mass is 324 g/mol. The molecule has 7 heteroatoms. The Morgan fingerprint density at radius 3 is 2.43 bits per heavy atom. The topological polar surface area (TPSA) is 76.1 Å². The zero-order chi connectivity index (χ0) is 15.3. The first-order chi connectivity index (χ1) is 9.97. The molecule has 0 fully saturated rings. The molecular weight excluding hydrogens is 312 g/mol. The van der Waals surface area contributed by atoms with E-state index in [1.54, 1.807) is 36.5 Å². The molecule has 2 aromatic rings. The van der Waals surface area contributed by atoms with Gasteiger partial charge < -0.3 is 5.32 Å². The molecular formula is C14H13ClN2O3S. The second kappa shape index (κ2) is 6.69. The van der Waals surface area contributed by atoms with Crippen molar-refractivity contribution in [3.8, 4) is 0 Å². The number of nitrogens with one attached hydrogen (secondary N) is 1. The largest absolute Gasteiger partial charge is 0.350 e. The van der Waals surface area contributed by atoms with Gasteiger partial charge in [0.25, 0.3) is 15.0 Å². The fourth-order valence-corrected chi connectivity index (χ4v) is 2.50. The van der Waals surface area contributed by atoms with Gasteiger partial charge in [-0.15, -0.1) is 0 Å². The number of carbonyl (C=O) groups is 1. The maximum Gasteiger partial charge on any atom is 0.269 e. The Labute approximate surface area is 127 Å². The molecule has 0 aliphatic rings. The third-order valence-corrected chi connectivity index (χ3v) is 4.17. The fourth-order valence-electron chi connectivity index (χ4n) is 1.73. The first-order valence-corrected chi connectivity index (χ1v) is 8.50. The predicted octanol–water partition coefficient (Wildman–Crippen LogP) is 1.98. The standard InChI is InChI=1S/C14H13ClN2O3S/c15-21(19,20)12-6-4-11(5-7-12)8-10-17-14(18)13-3-1-2-9-16-13/h1-7,9H,8,10H2,(H,17,18). The van der Waals surface area contributed by atoms with Gasteiger partial charge in [0.2, 0.25) is 0 Å². The van der Waals surface area contributed by atoms with E-state index in [1.807, 2.05) is 0 Å². The minimum atomic E-state index is -3.70. The number of carbonyl (C=O) groups excluding carboxylic acids is 1. The molecule has 0 aliphatic carbocycles. The molecule has 2 rings (SSSR count). The number of aromatic nitrogens is 1. The molecule has 5 nitrogen and oxygen atoms in total. The summed E-state index contributed by atoms with van der Waals surface area (Å²) in [5, 5.41) is 2.75. The smallest absolute Gasteiger partial charge is 0.269 e. The van der Waals surface area contributed by atoms with Crippen LogP contribution in [0.2, 0.25) is 0 Å². The van der Waals surface area contributed by atoms with Crippen LogP contribution in [-0.4, -0.2) is 25.9 Å². The molecule has 0 bridgehead atoms. The number of rotatable bonds is 5. The summed E-state index contributed by atoms with van der Waals surface area (Å²) in [4.78, 5) is 15.8. The van der Waals surface area contributed by atoms with Crippen molar-refractivity contribution in [2.45, 2.75) is 11.3 Å². The van der Waals surface area contributed by atoms with Crippen LogP contribution in [0, 0.1) is 0 Å². The lowest BCUT2D eigenvalue weighted by Gasteiger charge is -2.05. The number of hydrogen-bond donors (Lipinski definition) is 1. The van der Waals surface area contributed by atoms with Crippen molar-refractivity contribution < 1.29 is 13.2 Å². The molecule has 110 valence electrons. The Morgan fingerprint density at radius 2 is 1.86 bits per heavy atom. The van der Waals surface area contributed by atoms with E-state index in [0.29, 0.717) is 18.7 Å². The highest BCUT2D eigenvalue weighted by atomic mass is 35.7. The van der Waals surface area contributed by atoms with E-state index >= 15 is 0 Å². The van der Waals surface area contributed by atoms with Gasteiger partial charge in [-0.3, -0.25) is 9.78 Å². The molecule has 1 aromatic heterocycles.